The molecular weight excluding hydrogens is 292 g/mol. The number of sulfonamides is 1. The number of nitrogens with zero attached hydrogens (tertiary/aromatic N) is 1. The van der Waals surface area contributed by atoms with Gasteiger partial charge in [0.05, 0.1) is 5.92 Å². The molecule has 0 saturated carbocycles. The first-order valence-corrected chi connectivity index (χ1v) is 7.76. The fourth-order valence-corrected chi connectivity index (χ4v) is 4.71. The maximum atomic E-state index is 12.3. The van der Waals surface area contributed by atoms with Crippen molar-refractivity contribution in [1.82, 2.24) is 4.31 Å². The lowest BCUT2D eigenvalue weighted by Crippen LogP contribution is -2.32. The van der Waals surface area contributed by atoms with Crippen LogP contribution in [0.1, 0.15) is 16.1 Å². The lowest BCUT2D eigenvalue weighted by molar-refractivity contribution is -0.121. The van der Waals surface area contributed by atoms with Gasteiger partial charge in [-0.3, -0.25) is 4.79 Å². The SMILES string of the molecule is NC(=O)C1CCN(S(=O)(=O)c2ccsc2C(=O)O)C1. The molecule has 0 aromatic carbocycles. The summed E-state index contributed by atoms with van der Waals surface area (Å²) in [5, 5.41) is 10.4. The van der Waals surface area contributed by atoms with Gasteiger partial charge in [0.15, 0.2) is 0 Å². The van der Waals surface area contributed by atoms with E-state index in [2.05, 4.69) is 0 Å². The molecular formula is C10H12N2O5S2. The molecule has 1 fully saturated rings. The van der Waals surface area contributed by atoms with Gasteiger partial charge >= 0.3 is 5.97 Å². The Morgan fingerprint density at radius 3 is 2.68 bits per heavy atom. The second-order valence-electron chi connectivity index (χ2n) is 4.17. The van der Waals surface area contributed by atoms with Crippen LogP contribution in [0.5, 0.6) is 0 Å². The average molecular weight is 304 g/mol. The van der Waals surface area contributed by atoms with Gasteiger partial charge in [0.25, 0.3) is 0 Å². The van der Waals surface area contributed by atoms with E-state index in [-0.39, 0.29) is 22.9 Å². The van der Waals surface area contributed by atoms with Crippen molar-refractivity contribution in [2.24, 2.45) is 11.7 Å². The van der Waals surface area contributed by atoms with Crippen LogP contribution in [-0.2, 0) is 14.8 Å². The second-order valence-corrected chi connectivity index (χ2v) is 6.99. The normalized spacial score (nSPS) is 20.5. The number of carboxylic acid groups (broad SMARTS) is 1. The summed E-state index contributed by atoms with van der Waals surface area (Å²) in [6, 6.07) is 1.26. The number of carbonyl (C=O) groups is 2. The highest BCUT2D eigenvalue weighted by Gasteiger charge is 2.37. The molecule has 104 valence electrons. The van der Waals surface area contributed by atoms with Crippen LogP contribution in [0.4, 0.5) is 0 Å². The van der Waals surface area contributed by atoms with Crippen molar-refractivity contribution >= 4 is 33.2 Å². The summed E-state index contributed by atoms with van der Waals surface area (Å²) in [4.78, 5) is 21.6. The largest absolute Gasteiger partial charge is 0.477 e. The molecule has 1 saturated heterocycles. The Hall–Kier alpha value is -1.45. The number of carboxylic acids is 1. The summed E-state index contributed by atoms with van der Waals surface area (Å²) >= 11 is 0.853. The van der Waals surface area contributed by atoms with Gasteiger partial charge < -0.3 is 10.8 Å². The van der Waals surface area contributed by atoms with Gasteiger partial charge in [-0.1, -0.05) is 0 Å². The molecule has 7 nitrogen and oxygen atoms in total. The molecule has 1 atom stereocenters. The molecule has 0 bridgehead atoms. The number of aromatic carboxylic acids is 1. The third kappa shape index (κ3) is 2.48. The Morgan fingerprint density at radius 2 is 2.16 bits per heavy atom. The minimum absolute atomic E-state index is 0.00652. The first-order valence-electron chi connectivity index (χ1n) is 5.44. The van der Waals surface area contributed by atoms with E-state index in [1.165, 1.54) is 11.4 Å². The van der Waals surface area contributed by atoms with E-state index < -0.39 is 27.8 Å². The van der Waals surface area contributed by atoms with Crippen LogP contribution in [0, 0.1) is 5.92 Å². The van der Waals surface area contributed by atoms with Crippen molar-refractivity contribution in [3.8, 4) is 0 Å². The Balaban J connectivity index is 2.31. The van der Waals surface area contributed by atoms with Gasteiger partial charge in [-0.15, -0.1) is 11.3 Å². The zero-order chi connectivity index (χ0) is 14.2. The van der Waals surface area contributed by atoms with E-state index >= 15 is 0 Å². The number of amides is 1. The molecule has 0 radical (unpaired) electrons. The number of hydrogen-bond donors (Lipinski definition) is 2. The molecule has 0 aliphatic carbocycles. The molecule has 1 aliphatic heterocycles. The minimum atomic E-state index is -3.88. The monoisotopic (exact) mass is 304 g/mol. The standard InChI is InChI=1S/C10H12N2O5S2/c11-9(13)6-1-3-12(5-6)19(16,17)7-2-4-18-8(7)10(14)15/h2,4,6H,1,3,5H2,(H2,11,13)(H,14,15). The van der Waals surface area contributed by atoms with Crippen molar-refractivity contribution in [2.75, 3.05) is 13.1 Å². The number of thiophene rings is 1. The number of rotatable bonds is 4. The third-order valence-corrected chi connectivity index (χ3v) is 5.93. The highest BCUT2D eigenvalue weighted by molar-refractivity contribution is 7.89. The Kier molecular flexibility index (Phi) is 3.61. The molecule has 3 N–H and O–H groups in total. The van der Waals surface area contributed by atoms with E-state index in [0.717, 1.165) is 15.6 Å². The van der Waals surface area contributed by atoms with Crippen LogP contribution < -0.4 is 5.73 Å². The van der Waals surface area contributed by atoms with E-state index in [0.29, 0.717) is 6.42 Å². The molecule has 1 amide bonds. The maximum Gasteiger partial charge on any atom is 0.347 e. The average Bonchev–Trinajstić information content (AvgIpc) is 2.98. The summed E-state index contributed by atoms with van der Waals surface area (Å²) in [5.41, 5.74) is 5.15. The third-order valence-electron chi connectivity index (χ3n) is 2.99. The van der Waals surface area contributed by atoms with E-state index in [9.17, 15) is 18.0 Å². The Bertz CT molecular complexity index is 622. The molecule has 9 heteroatoms. The van der Waals surface area contributed by atoms with Gasteiger partial charge in [-0.25, -0.2) is 13.2 Å². The maximum absolute atomic E-state index is 12.3. The molecule has 1 aromatic rings. The van der Waals surface area contributed by atoms with Crippen LogP contribution >= 0.6 is 11.3 Å². The molecule has 2 heterocycles. The number of nitrogens with two attached hydrogens (primary N) is 1. The predicted octanol–water partition coefficient (Wildman–Crippen LogP) is -0.0578. The van der Waals surface area contributed by atoms with E-state index in [1.54, 1.807) is 0 Å². The molecule has 0 spiro atoms. The molecule has 1 aromatic heterocycles. The van der Waals surface area contributed by atoms with Gasteiger partial charge in [0, 0.05) is 13.1 Å². The van der Waals surface area contributed by atoms with Crippen LogP contribution in [-0.4, -0.2) is 42.8 Å². The topological polar surface area (TPSA) is 118 Å². The van der Waals surface area contributed by atoms with Crippen molar-refractivity contribution in [1.29, 1.82) is 0 Å². The van der Waals surface area contributed by atoms with Crippen LogP contribution in [0.3, 0.4) is 0 Å². The van der Waals surface area contributed by atoms with Crippen LogP contribution in [0.15, 0.2) is 16.3 Å². The fourth-order valence-electron chi connectivity index (χ4n) is 1.97. The van der Waals surface area contributed by atoms with Crippen molar-refractivity contribution in [3.05, 3.63) is 16.3 Å². The smallest absolute Gasteiger partial charge is 0.347 e. The number of hydrogen-bond acceptors (Lipinski definition) is 5. The molecule has 1 unspecified atom stereocenters. The number of primary amides is 1. The lowest BCUT2D eigenvalue weighted by Gasteiger charge is -2.15. The minimum Gasteiger partial charge on any atom is -0.477 e. The highest BCUT2D eigenvalue weighted by Crippen LogP contribution is 2.29. The Labute approximate surface area is 113 Å². The lowest BCUT2D eigenvalue weighted by atomic mass is 10.1. The summed E-state index contributed by atoms with van der Waals surface area (Å²) in [7, 11) is -3.88. The van der Waals surface area contributed by atoms with E-state index in [1.807, 2.05) is 0 Å². The zero-order valence-electron chi connectivity index (χ0n) is 9.77. The van der Waals surface area contributed by atoms with Crippen molar-refractivity contribution in [3.63, 3.8) is 0 Å². The molecule has 1 aliphatic rings. The molecule has 19 heavy (non-hydrogen) atoms. The van der Waals surface area contributed by atoms with Gasteiger partial charge in [0.2, 0.25) is 15.9 Å². The molecule has 2 rings (SSSR count). The number of carbonyl (C=O) groups excluding carboxylic acids is 1. The fraction of sp³-hybridized carbons (Fsp3) is 0.400. The van der Waals surface area contributed by atoms with Crippen LogP contribution in [0.25, 0.3) is 0 Å². The quantitative estimate of drug-likeness (QED) is 0.808. The van der Waals surface area contributed by atoms with Gasteiger partial charge in [-0.2, -0.15) is 4.31 Å². The first kappa shape index (κ1) is 14.0. The first-order chi connectivity index (χ1) is 8.84. The summed E-state index contributed by atoms with van der Waals surface area (Å²) in [5.74, 6) is -2.33. The van der Waals surface area contributed by atoms with Crippen molar-refractivity contribution in [2.45, 2.75) is 11.3 Å². The van der Waals surface area contributed by atoms with E-state index in [4.69, 9.17) is 10.8 Å². The summed E-state index contributed by atoms with van der Waals surface area (Å²) in [6.07, 6.45) is 0.362. The van der Waals surface area contributed by atoms with Crippen LogP contribution in [0.2, 0.25) is 0 Å². The summed E-state index contributed by atoms with van der Waals surface area (Å²) in [6.45, 7) is 0.178. The van der Waals surface area contributed by atoms with Crippen molar-refractivity contribution < 1.29 is 23.1 Å². The second kappa shape index (κ2) is 4.91. The van der Waals surface area contributed by atoms with Gasteiger partial charge in [0.1, 0.15) is 9.77 Å². The zero-order valence-corrected chi connectivity index (χ0v) is 11.4. The van der Waals surface area contributed by atoms with Gasteiger partial charge in [-0.05, 0) is 17.9 Å². The summed E-state index contributed by atoms with van der Waals surface area (Å²) < 4.78 is 25.7. The Morgan fingerprint density at radius 1 is 1.47 bits per heavy atom. The highest BCUT2D eigenvalue weighted by atomic mass is 32.2. The predicted molar refractivity (Wildman–Crippen MR) is 67.3 cm³/mol.